The first-order valence-corrected chi connectivity index (χ1v) is 12.5. The fourth-order valence-corrected chi connectivity index (χ4v) is 5.05. The minimum Gasteiger partial charge on any atom is -0.317 e. The highest BCUT2D eigenvalue weighted by molar-refractivity contribution is 7.13. The zero-order chi connectivity index (χ0) is 26.5. The first kappa shape index (κ1) is 25.2. The van der Waals surface area contributed by atoms with Gasteiger partial charge in [0.25, 0.3) is 5.91 Å². The second kappa shape index (κ2) is 9.47. The number of alkyl halides is 3. The molecule has 5 aromatic rings. The normalized spacial score (nSPS) is 11.9. The van der Waals surface area contributed by atoms with E-state index in [-0.39, 0.29) is 22.1 Å². The van der Waals surface area contributed by atoms with Gasteiger partial charge < -0.3 is 5.32 Å². The summed E-state index contributed by atoms with van der Waals surface area (Å²) >= 11 is 13.7. The van der Waals surface area contributed by atoms with Crippen molar-refractivity contribution >= 4 is 51.8 Å². The van der Waals surface area contributed by atoms with Crippen molar-refractivity contribution in [2.24, 2.45) is 0 Å². The SMILES string of the molecule is Cc1nn(Cc2cccc(Cl)c2)c(C)c1NC(=O)c1nn2c(C(F)(F)F)cc(-c3cccs3)nc2c1Cl. The summed E-state index contributed by atoms with van der Waals surface area (Å²) in [4.78, 5) is 18.0. The molecular formula is C24H17Cl2F3N6OS. The van der Waals surface area contributed by atoms with E-state index in [9.17, 15) is 18.0 Å². The molecule has 4 heterocycles. The maximum atomic E-state index is 13.9. The van der Waals surface area contributed by atoms with Crippen LogP contribution in [0.25, 0.3) is 16.2 Å². The Balaban J connectivity index is 1.51. The highest BCUT2D eigenvalue weighted by Gasteiger charge is 2.37. The monoisotopic (exact) mass is 564 g/mol. The third-order valence-electron chi connectivity index (χ3n) is 5.65. The molecule has 0 aliphatic heterocycles. The van der Waals surface area contributed by atoms with Gasteiger partial charge in [-0.3, -0.25) is 9.48 Å². The van der Waals surface area contributed by atoms with Crippen LogP contribution >= 0.6 is 34.5 Å². The van der Waals surface area contributed by atoms with Crippen LogP contribution in [0, 0.1) is 13.8 Å². The van der Waals surface area contributed by atoms with Crippen LogP contribution in [0.2, 0.25) is 10.0 Å². The highest BCUT2D eigenvalue weighted by Crippen LogP contribution is 2.36. The highest BCUT2D eigenvalue weighted by atomic mass is 35.5. The molecule has 1 N–H and O–H groups in total. The Bertz CT molecular complexity index is 1640. The molecule has 190 valence electrons. The van der Waals surface area contributed by atoms with E-state index in [1.807, 2.05) is 18.2 Å². The van der Waals surface area contributed by atoms with Gasteiger partial charge >= 0.3 is 6.18 Å². The van der Waals surface area contributed by atoms with Crippen LogP contribution in [0.1, 0.15) is 33.1 Å². The van der Waals surface area contributed by atoms with E-state index in [1.54, 1.807) is 42.1 Å². The van der Waals surface area contributed by atoms with Gasteiger partial charge in [0, 0.05) is 5.02 Å². The van der Waals surface area contributed by atoms with E-state index in [0.29, 0.717) is 38.0 Å². The van der Waals surface area contributed by atoms with Gasteiger partial charge in [0.2, 0.25) is 0 Å². The number of carbonyl (C=O) groups is 1. The summed E-state index contributed by atoms with van der Waals surface area (Å²) in [6, 6.07) is 11.5. The Morgan fingerprint density at radius 3 is 2.57 bits per heavy atom. The van der Waals surface area contributed by atoms with Crippen LogP contribution in [0.3, 0.4) is 0 Å². The third kappa shape index (κ3) is 4.81. The van der Waals surface area contributed by atoms with E-state index in [4.69, 9.17) is 23.2 Å². The summed E-state index contributed by atoms with van der Waals surface area (Å²) in [5, 5.41) is 13.1. The largest absolute Gasteiger partial charge is 0.433 e. The van der Waals surface area contributed by atoms with Crippen molar-refractivity contribution in [3.63, 3.8) is 0 Å². The zero-order valence-electron chi connectivity index (χ0n) is 19.3. The lowest BCUT2D eigenvalue weighted by atomic mass is 10.2. The lowest BCUT2D eigenvalue weighted by Gasteiger charge is -2.10. The molecule has 0 aliphatic rings. The molecule has 37 heavy (non-hydrogen) atoms. The number of fused-ring (bicyclic) bond motifs is 1. The predicted octanol–water partition coefficient (Wildman–Crippen LogP) is 6.90. The van der Waals surface area contributed by atoms with E-state index >= 15 is 0 Å². The fourth-order valence-electron chi connectivity index (χ4n) is 3.90. The van der Waals surface area contributed by atoms with E-state index in [2.05, 4.69) is 20.5 Å². The quantitative estimate of drug-likeness (QED) is 0.252. The van der Waals surface area contributed by atoms with Crippen LogP contribution in [0.4, 0.5) is 18.9 Å². The first-order valence-electron chi connectivity index (χ1n) is 10.8. The summed E-state index contributed by atoms with van der Waals surface area (Å²) in [6.45, 7) is 3.88. The number of nitrogens with zero attached hydrogens (tertiary/aromatic N) is 5. The van der Waals surface area contributed by atoms with E-state index in [0.717, 1.165) is 11.6 Å². The second-order valence-corrected chi connectivity index (χ2v) is 9.95. The molecule has 0 fully saturated rings. The molecule has 0 aliphatic carbocycles. The number of benzene rings is 1. The number of hydrogen-bond donors (Lipinski definition) is 1. The summed E-state index contributed by atoms with van der Waals surface area (Å²) in [7, 11) is 0. The number of anilines is 1. The predicted molar refractivity (Wildman–Crippen MR) is 137 cm³/mol. The van der Waals surface area contributed by atoms with Crippen LogP contribution in [-0.2, 0) is 12.7 Å². The lowest BCUT2D eigenvalue weighted by molar-refractivity contribution is -0.142. The molecule has 4 aromatic heterocycles. The van der Waals surface area contributed by atoms with Gasteiger partial charge in [-0.15, -0.1) is 11.3 Å². The molecule has 0 radical (unpaired) electrons. The molecule has 0 spiro atoms. The molecule has 7 nitrogen and oxygen atoms in total. The molecule has 0 unspecified atom stereocenters. The zero-order valence-corrected chi connectivity index (χ0v) is 21.6. The number of amides is 1. The van der Waals surface area contributed by atoms with E-state index in [1.165, 1.54) is 11.3 Å². The standard InChI is InChI=1S/C24H17Cl2F3N6OS/c1-12-20(13(2)34(32-12)11-14-5-3-6-15(25)9-14)31-23(36)21-19(26)22-30-16(17-7-4-8-37-17)10-18(24(27,28)29)35(22)33-21/h3-10H,11H2,1-2H3,(H,31,36). The van der Waals surface area contributed by atoms with Crippen molar-refractivity contribution in [1.82, 2.24) is 24.4 Å². The van der Waals surface area contributed by atoms with Crippen molar-refractivity contribution in [2.75, 3.05) is 5.32 Å². The van der Waals surface area contributed by atoms with Crippen molar-refractivity contribution in [2.45, 2.75) is 26.6 Å². The molecule has 0 saturated carbocycles. The van der Waals surface area contributed by atoms with Crippen LogP contribution in [0.5, 0.6) is 0 Å². The maximum absolute atomic E-state index is 13.9. The number of aryl methyl sites for hydroxylation is 1. The van der Waals surface area contributed by atoms with Crippen molar-refractivity contribution < 1.29 is 18.0 Å². The van der Waals surface area contributed by atoms with Crippen molar-refractivity contribution in [3.05, 3.63) is 86.2 Å². The molecule has 0 bridgehead atoms. The van der Waals surface area contributed by atoms with Gasteiger partial charge in [-0.1, -0.05) is 41.4 Å². The summed E-state index contributed by atoms with van der Waals surface area (Å²) in [5.74, 6) is -0.783. The van der Waals surface area contributed by atoms with Crippen molar-refractivity contribution in [1.29, 1.82) is 0 Å². The molecule has 1 amide bonds. The molecule has 5 rings (SSSR count). The average Bonchev–Trinajstić information content (AvgIpc) is 3.54. The molecule has 1 aromatic carbocycles. The molecule has 13 heteroatoms. The summed E-state index contributed by atoms with van der Waals surface area (Å²) < 4.78 is 43.9. The van der Waals surface area contributed by atoms with Gasteiger partial charge in [-0.2, -0.15) is 23.4 Å². The lowest BCUT2D eigenvalue weighted by Crippen LogP contribution is -2.16. The average molecular weight is 565 g/mol. The van der Waals surface area contributed by atoms with Gasteiger partial charge in [0.1, 0.15) is 5.02 Å². The third-order valence-corrected chi connectivity index (χ3v) is 7.13. The molecule has 0 saturated heterocycles. The Hall–Kier alpha value is -3.41. The minimum absolute atomic E-state index is 0.0811. The number of aromatic nitrogens is 5. The summed E-state index contributed by atoms with van der Waals surface area (Å²) in [5.41, 5.74) is 0.803. The molecule has 0 atom stereocenters. The van der Waals surface area contributed by atoms with Crippen LogP contribution < -0.4 is 5.32 Å². The van der Waals surface area contributed by atoms with Gasteiger partial charge in [0.15, 0.2) is 17.0 Å². The number of thiophene rings is 1. The Kier molecular flexibility index (Phi) is 6.47. The summed E-state index contributed by atoms with van der Waals surface area (Å²) in [6.07, 6.45) is -4.76. The smallest absolute Gasteiger partial charge is 0.317 e. The number of hydrogen-bond acceptors (Lipinski definition) is 5. The Morgan fingerprint density at radius 1 is 1.11 bits per heavy atom. The fraction of sp³-hybridized carbons (Fsp3) is 0.167. The Morgan fingerprint density at radius 2 is 1.89 bits per heavy atom. The number of nitrogens with one attached hydrogen (secondary N) is 1. The minimum atomic E-state index is -4.76. The maximum Gasteiger partial charge on any atom is 0.433 e. The van der Waals surface area contributed by atoms with Gasteiger partial charge in [-0.25, -0.2) is 9.50 Å². The Labute approximate surface area is 222 Å². The van der Waals surface area contributed by atoms with Gasteiger partial charge in [0.05, 0.1) is 34.2 Å². The number of halogens is 5. The van der Waals surface area contributed by atoms with Crippen LogP contribution in [-0.4, -0.2) is 30.3 Å². The van der Waals surface area contributed by atoms with Gasteiger partial charge in [-0.05, 0) is 49.1 Å². The first-order chi connectivity index (χ1) is 17.5. The molecular weight excluding hydrogens is 548 g/mol. The second-order valence-electron chi connectivity index (χ2n) is 8.19. The van der Waals surface area contributed by atoms with E-state index < -0.39 is 17.8 Å². The topological polar surface area (TPSA) is 77.1 Å². The number of carbonyl (C=O) groups excluding carboxylic acids is 1. The number of rotatable bonds is 5. The van der Waals surface area contributed by atoms with Crippen LogP contribution in [0.15, 0.2) is 47.8 Å². The van der Waals surface area contributed by atoms with Crippen molar-refractivity contribution in [3.8, 4) is 10.6 Å².